The van der Waals surface area contributed by atoms with Gasteiger partial charge in [-0.3, -0.25) is 4.90 Å². The Kier molecular flexibility index (Phi) is 4.59. The second-order valence-electron chi connectivity index (χ2n) is 7.84. The SMILES string of the molecule is c1ccc(OC2CCCC2)c(CN2CCC3(CCNCC3)C2)c1. The van der Waals surface area contributed by atoms with Crippen LogP contribution in [0.4, 0.5) is 0 Å². The molecule has 3 heteroatoms. The van der Waals surface area contributed by atoms with E-state index in [0.717, 1.165) is 12.3 Å². The highest BCUT2D eigenvalue weighted by Crippen LogP contribution is 2.39. The molecule has 2 heterocycles. The van der Waals surface area contributed by atoms with E-state index in [-0.39, 0.29) is 0 Å². The Bertz CT molecular complexity index is 518. The number of rotatable bonds is 4. The van der Waals surface area contributed by atoms with Gasteiger partial charge in [-0.05, 0) is 76.1 Å². The molecule has 3 fully saturated rings. The van der Waals surface area contributed by atoms with Crippen molar-refractivity contribution in [2.24, 2.45) is 5.41 Å². The summed E-state index contributed by atoms with van der Waals surface area (Å²) in [6.07, 6.45) is 9.65. The van der Waals surface area contributed by atoms with Gasteiger partial charge < -0.3 is 10.1 Å². The summed E-state index contributed by atoms with van der Waals surface area (Å²) >= 11 is 0. The fraction of sp³-hybridized carbons (Fsp3) is 0.700. The first kappa shape index (κ1) is 15.5. The van der Waals surface area contributed by atoms with Gasteiger partial charge in [0.2, 0.25) is 0 Å². The average molecular weight is 314 g/mol. The van der Waals surface area contributed by atoms with E-state index < -0.39 is 0 Å². The van der Waals surface area contributed by atoms with E-state index in [9.17, 15) is 0 Å². The van der Waals surface area contributed by atoms with Gasteiger partial charge >= 0.3 is 0 Å². The Morgan fingerprint density at radius 3 is 2.70 bits per heavy atom. The van der Waals surface area contributed by atoms with Crippen LogP contribution in [-0.4, -0.2) is 37.2 Å². The van der Waals surface area contributed by atoms with Crippen LogP contribution in [0.3, 0.4) is 0 Å². The summed E-state index contributed by atoms with van der Waals surface area (Å²) in [6.45, 7) is 5.98. The first-order chi connectivity index (χ1) is 11.3. The van der Waals surface area contributed by atoms with E-state index in [2.05, 4.69) is 34.5 Å². The number of nitrogens with one attached hydrogen (secondary N) is 1. The Hall–Kier alpha value is -1.06. The molecule has 0 unspecified atom stereocenters. The van der Waals surface area contributed by atoms with E-state index >= 15 is 0 Å². The first-order valence-electron chi connectivity index (χ1n) is 9.51. The predicted octanol–water partition coefficient (Wildman–Crippen LogP) is 3.58. The lowest BCUT2D eigenvalue weighted by atomic mass is 9.78. The predicted molar refractivity (Wildman–Crippen MR) is 93.8 cm³/mol. The zero-order valence-corrected chi connectivity index (χ0v) is 14.2. The minimum atomic E-state index is 0.450. The number of para-hydroxylation sites is 1. The average Bonchev–Trinajstić information content (AvgIpc) is 3.21. The summed E-state index contributed by atoms with van der Waals surface area (Å²) in [5, 5.41) is 3.51. The molecule has 2 aliphatic heterocycles. The highest BCUT2D eigenvalue weighted by Gasteiger charge is 2.38. The van der Waals surface area contributed by atoms with E-state index in [0.29, 0.717) is 11.5 Å². The highest BCUT2D eigenvalue weighted by molar-refractivity contribution is 5.33. The van der Waals surface area contributed by atoms with Gasteiger partial charge in [-0.25, -0.2) is 0 Å². The van der Waals surface area contributed by atoms with Crippen LogP contribution in [0, 0.1) is 5.41 Å². The van der Waals surface area contributed by atoms with Crippen molar-refractivity contribution in [1.82, 2.24) is 10.2 Å². The molecule has 1 N–H and O–H groups in total. The molecule has 126 valence electrons. The van der Waals surface area contributed by atoms with Crippen LogP contribution in [-0.2, 0) is 6.54 Å². The third kappa shape index (κ3) is 3.56. The standard InChI is InChI=1S/C20H30N2O/c1-4-8-19(23-18-6-2-3-7-18)17(5-1)15-22-14-11-20(16-22)9-12-21-13-10-20/h1,4-5,8,18,21H,2-3,6-7,9-16H2. The van der Waals surface area contributed by atoms with Crippen LogP contribution in [0.5, 0.6) is 5.75 Å². The van der Waals surface area contributed by atoms with Crippen molar-refractivity contribution in [3.05, 3.63) is 29.8 Å². The molecule has 3 nitrogen and oxygen atoms in total. The van der Waals surface area contributed by atoms with Gasteiger partial charge in [-0.15, -0.1) is 0 Å². The van der Waals surface area contributed by atoms with Crippen molar-refractivity contribution >= 4 is 0 Å². The zero-order valence-electron chi connectivity index (χ0n) is 14.2. The lowest BCUT2D eigenvalue weighted by Gasteiger charge is -2.34. The minimum absolute atomic E-state index is 0.450. The normalized spacial score (nSPS) is 25.2. The third-order valence-corrected chi connectivity index (χ3v) is 6.14. The fourth-order valence-corrected chi connectivity index (χ4v) is 4.70. The fourth-order valence-electron chi connectivity index (χ4n) is 4.70. The van der Waals surface area contributed by atoms with Gasteiger partial charge in [0.1, 0.15) is 5.75 Å². The van der Waals surface area contributed by atoms with E-state index in [1.807, 2.05) is 0 Å². The Morgan fingerprint density at radius 2 is 1.87 bits per heavy atom. The van der Waals surface area contributed by atoms with Crippen LogP contribution in [0.1, 0.15) is 50.5 Å². The topological polar surface area (TPSA) is 24.5 Å². The van der Waals surface area contributed by atoms with E-state index in [4.69, 9.17) is 4.74 Å². The molecular weight excluding hydrogens is 284 g/mol. The van der Waals surface area contributed by atoms with Crippen molar-refractivity contribution in [2.45, 2.75) is 57.6 Å². The molecule has 0 aromatic heterocycles. The highest BCUT2D eigenvalue weighted by atomic mass is 16.5. The minimum Gasteiger partial charge on any atom is -0.490 e. The summed E-state index contributed by atoms with van der Waals surface area (Å²) in [7, 11) is 0. The lowest BCUT2D eigenvalue weighted by Crippen LogP contribution is -2.38. The van der Waals surface area contributed by atoms with Crippen molar-refractivity contribution in [3.8, 4) is 5.75 Å². The molecule has 2 saturated heterocycles. The van der Waals surface area contributed by atoms with Crippen LogP contribution in [0.25, 0.3) is 0 Å². The number of hydrogen-bond donors (Lipinski definition) is 1. The Labute approximate surface area is 140 Å². The number of nitrogens with zero attached hydrogens (tertiary/aromatic N) is 1. The number of likely N-dealkylation sites (tertiary alicyclic amines) is 1. The third-order valence-electron chi connectivity index (χ3n) is 6.14. The van der Waals surface area contributed by atoms with E-state index in [1.165, 1.54) is 76.7 Å². The molecule has 1 saturated carbocycles. The van der Waals surface area contributed by atoms with Gasteiger partial charge in [0.25, 0.3) is 0 Å². The molecule has 0 bridgehead atoms. The van der Waals surface area contributed by atoms with Crippen LogP contribution < -0.4 is 10.1 Å². The summed E-state index contributed by atoms with van der Waals surface area (Å²) in [5.74, 6) is 1.13. The monoisotopic (exact) mass is 314 g/mol. The molecule has 0 amide bonds. The second-order valence-corrected chi connectivity index (χ2v) is 7.84. The second kappa shape index (κ2) is 6.82. The molecule has 1 spiro atoms. The zero-order chi connectivity index (χ0) is 15.5. The summed E-state index contributed by atoms with van der Waals surface area (Å²) < 4.78 is 6.32. The maximum atomic E-state index is 6.32. The maximum absolute atomic E-state index is 6.32. The largest absolute Gasteiger partial charge is 0.490 e. The maximum Gasteiger partial charge on any atom is 0.124 e. The van der Waals surface area contributed by atoms with Gasteiger partial charge in [-0.2, -0.15) is 0 Å². The van der Waals surface area contributed by atoms with Gasteiger partial charge in [-0.1, -0.05) is 18.2 Å². The first-order valence-corrected chi connectivity index (χ1v) is 9.51. The quantitative estimate of drug-likeness (QED) is 0.919. The van der Waals surface area contributed by atoms with Crippen molar-refractivity contribution < 1.29 is 4.74 Å². The molecule has 3 aliphatic rings. The molecular formula is C20H30N2O. The molecule has 1 aromatic carbocycles. The number of piperidine rings is 1. The summed E-state index contributed by atoms with van der Waals surface area (Å²) in [6, 6.07) is 8.71. The smallest absolute Gasteiger partial charge is 0.124 e. The summed E-state index contributed by atoms with van der Waals surface area (Å²) in [4.78, 5) is 2.65. The molecule has 1 aliphatic carbocycles. The molecule has 23 heavy (non-hydrogen) atoms. The van der Waals surface area contributed by atoms with Crippen molar-refractivity contribution in [1.29, 1.82) is 0 Å². The Balaban J connectivity index is 1.40. The van der Waals surface area contributed by atoms with Crippen molar-refractivity contribution in [3.63, 3.8) is 0 Å². The lowest BCUT2D eigenvalue weighted by molar-refractivity contribution is 0.187. The molecule has 0 radical (unpaired) electrons. The Morgan fingerprint density at radius 1 is 1.09 bits per heavy atom. The van der Waals surface area contributed by atoms with Crippen LogP contribution in [0.2, 0.25) is 0 Å². The van der Waals surface area contributed by atoms with Gasteiger partial charge in [0.05, 0.1) is 6.10 Å². The van der Waals surface area contributed by atoms with Crippen LogP contribution in [0.15, 0.2) is 24.3 Å². The molecule has 4 rings (SSSR count). The summed E-state index contributed by atoms with van der Waals surface area (Å²) in [5.41, 5.74) is 1.97. The van der Waals surface area contributed by atoms with Crippen molar-refractivity contribution in [2.75, 3.05) is 26.2 Å². The van der Waals surface area contributed by atoms with Gasteiger partial charge in [0.15, 0.2) is 0 Å². The molecule has 1 aromatic rings. The van der Waals surface area contributed by atoms with Crippen LogP contribution >= 0.6 is 0 Å². The van der Waals surface area contributed by atoms with Gasteiger partial charge in [0, 0.05) is 18.7 Å². The van der Waals surface area contributed by atoms with E-state index in [1.54, 1.807) is 0 Å². The number of ether oxygens (including phenoxy) is 1. The number of benzene rings is 1. The number of hydrogen-bond acceptors (Lipinski definition) is 3. The molecule has 0 atom stereocenters.